The van der Waals surface area contributed by atoms with Crippen LogP contribution in [0.5, 0.6) is 5.75 Å². The van der Waals surface area contributed by atoms with Gasteiger partial charge >= 0.3 is 0 Å². The number of carbonyl (C=O) groups excluding carboxylic acids is 1. The first-order valence-electron chi connectivity index (χ1n) is 3.53. The monoisotopic (exact) mass is 182 g/mol. The van der Waals surface area contributed by atoms with Gasteiger partial charge in [0.05, 0.1) is 5.56 Å². The molecule has 0 saturated carbocycles. The van der Waals surface area contributed by atoms with Gasteiger partial charge in [-0.1, -0.05) is 6.07 Å². The molecule has 1 aromatic rings. The second-order valence-electron chi connectivity index (χ2n) is 2.41. The Kier molecular flexibility index (Phi) is 2.76. The summed E-state index contributed by atoms with van der Waals surface area (Å²) in [5.41, 5.74) is 0.421. The molecule has 0 atom stereocenters. The molecule has 1 rings (SSSR count). The average Bonchev–Trinajstić information content (AvgIpc) is 2.03. The second-order valence-corrected chi connectivity index (χ2v) is 3.26. The number of carbonyl (C=O) groups is 1. The zero-order chi connectivity index (χ0) is 9.14. The lowest BCUT2D eigenvalue weighted by molar-refractivity contribution is 0.101. The number of hydrogen-bond donors (Lipinski definition) is 1. The third-order valence-corrected chi connectivity index (χ3v) is 2.36. The van der Waals surface area contributed by atoms with E-state index < -0.39 is 0 Å². The van der Waals surface area contributed by atoms with Crippen molar-refractivity contribution < 1.29 is 9.90 Å². The van der Waals surface area contributed by atoms with Crippen molar-refractivity contribution in [3.63, 3.8) is 0 Å². The van der Waals surface area contributed by atoms with Crippen molar-refractivity contribution in [3.05, 3.63) is 23.8 Å². The highest BCUT2D eigenvalue weighted by atomic mass is 32.2. The molecule has 0 heterocycles. The van der Waals surface area contributed by atoms with Gasteiger partial charge in [0, 0.05) is 4.90 Å². The topological polar surface area (TPSA) is 37.3 Å². The zero-order valence-electron chi connectivity index (χ0n) is 7.00. The highest BCUT2D eigenvalue weighted by molar-refractivity contribution is 7.98. The van der Waals surface area contributed by atoms with E-state index in [-0.39, 0.29) is 11.5 Å². The van der Waals surface area contributed by atoms with E-state index in [9.17, 15) is 9.90 Å². The normalized spacial score (nSPS) is 9.83. The number of rotatable bonds is 2. The number of Topliss-reactive ketones (excluding diaryl/α,β-unsaturated/α-hetero) is 1. The largest absolute Gasteiger partial charge is 0.507 e. The smallest absolute Gasteiger partial charge is 0.164 e. The lowest BCUT2D eigenvalue weighted by atomic mass is 10.1. The summed E-state index contributed by atoms with van der Waals surface area (Å²) >= 11 is 1.46. The minimum Gasteiger partial charge on any atom is -0.507 e. The van der Waals surface area contributed by atoms with Gasteiger partial charge < -0.3 is 5.11 Å². The highest BCUT2D eigenvalue weighted by Gasteiger charge is 2.10. The molecule has 0 aliphatic heterocycles. The summed E-state index contributed by atoms with van der Waals surface area (Å²) < 4.78 is 0. The fourth-order valence-corrected chi connectivity index (χ4v) is 1.71. The first-order chi connectivity index (χ1) is 5.66. The Bertz CT molecular complexity index is 307. The van der Waals surface area contributed by atoms with Crippen LogP contribution in [0.15, 0.2) is 23.1 Å². The molecular formula is C9H10O2S. The molecule has 0 bridgehead atoms. The molecule has 1 aromatic carbocycles. The number of hydrogen-bond acceptors (Lipinski definition) is 3. The Morgan fingerprint density at radius 3 is 2.58 bits per heavy atom. The summed E-state index contributed by atoms with van der Waals surface area (Å²) in [5.74, 6) is -0.0354. The van der Waals surface area contributed by atoms with Crippen molar-refractivity contribution in [2.24, 2.45) is 0 Å². The molecule has 3 heteroatoms. The first kappa shape index (κ1) is 9.13. The first-order valence-corrected chi connectivity index (χ1v) is 4.76. The lowest BCUT2D eigenvalue weighted by Gasteiger charge is -2.04. The second kappa shape index (κ2) is 3.63. The maximum atomic E-state index is 11.1. The molecule has 0 aliphatic rings. The van der Waals surface area contributed by atoms with Crippen molar-refractivity contribution in [1.29, 1.82) is 0 Å². The van der Waals surface area contributed by atoms with Crippen LogP contribution in [-0.4, -0.2) is 17.1 Å². The predicted octanol–water partition coefficient (Wildman–Crippen LogP) is 2.32. The summed E-state index contributed by atoms with van der Waals surface area (Å²) in [6, 6.07) is 5.07. The van der Waals surface area contributed by atoms with Gasteiger partial charge in [0.2, 0.25) is 0 Å². The molecule has 0 radical (unpaired) electrons. The van der Waals surface area contributed by atoms with Crippen LogP contribution in [0.4, 0.5) is 0 Å². The summed E-state index contributed by atoms with van der Waals surface area (Å²) in [6.07, 6.45) is 1.88. The quantitative estimate of drug-likeness (QED) is 0.563. The van der Waals surface area contributed by atoms with Gasteiger partial charge in [-0.05, 0) is 25.3 Å². The van der Waals surface area contributed by atoms with Crippen molar-refractivity contribution >= 4 is 17.5 Å². The van der Waals surface area contributed by atoms with E-state index >= 15 is 0 Å². The van der Waals surface area contributed by atoms with Gasteiger partial charge in [-0.25, -0.2) is 0 Å². The summed E-state index contributed by atoms with van der Waals surface area (Å²) in [4.78, 5) is 11.9. The minimum absolute atomic E-state index is 0.0642. The number of phenols is 1. The molecular weight excluding hydrogens is 172 g/mol. The standard InChI is InChI=1S/C9H10O2S/c1-6(10)9-7(11)4-3-5-8(9)12-2/h3-5,11H,1-2H3. The van der Waals surface area contributed by atoms with Crippen LogP contribution < -0.4 is 0 Å². The third-order valence-electron chi connectivity index (χ3n) is 1.58. The van der Waals surface area contributed by atoms with Crippen LogP contribution in [0.2, 0.25) is 0 Å². The maximum Gasteiger partial charge on any atom is 0.164 e. The molecule has 1 N–H and O–H groups in total. The fraction of sp³-hybridized carbons (Fsp3) is 0.222. The third kappa shape index (κ3) is 1.61. The highest BCUT2D eigenvalue weighted by Crippen LogP contribution is 2.27. The Labute approximate surface area is 75.6 Å². The Hall–Kier alpha value is -0.960. The zero-order valence-corrected chi connectivity index (χ0v) is 7.81. The number of aromatic hydroxyl groups is 1. The van der Waals surface area contributed by atoms with Gasteiger partial charge in [-0.3, -0.25) is 4.79 Å². The maximum absolute atomic E-state index is 11.1. The Morgan fingerprint density at radius 2 is 2.17 bits per heavy atom. The SMILES string of the molecule is CSc1cccc(O)c1C(C)=O. The van der Waals surface area contributed by atoms with Crippen LogP contribution in [0.25, 0.3) is 0 Å². The summed E-state index contributed by atoms with van der Waals surface area (Å²) in [5, 5.41) is 9.36. The fourth-order valence-electron chi connectivity index (χ4n) is 1.04. The van der Waals surface area contributed by atoms with E-state index in [1.807, 2.05) is 12.3 Å². The van der Waals surface area contributed by atoms with Crippen molar-refractivity contribution in [2.45, 2.75) is 11.8 Å². The molecule has 0 fully saturated rings. The molecule has 0 aliphatic carbocycles. The average molecular weight is 182 g/mol. The predicted molar refractivity (Wildman–Crippen MR) is 49.9 cm³/mol. The number of benzene rings is 1. The van der Waals surface area contributed by atoms with Crippen molar-refractivity contribution in [1.82, 2.24) is 0 Å². The molecule has 2 nitrogen and oxygen atoms in total. The van der Waals surface area contributed by atoms with Crippen LogP contribution in [-0.2, 0) is 0 Å². The van der Waals surface area contributed by atoms with Gasteiger partial charge in [0.25, 0.3) is 0 Å². The van der Waals surface area contributed by atoms with Crippen LogP contribution in [0.3, 0.4) is 0 Å². The van der Waals surface area contributed by atoms with Gasteiger partial charge in [0.15, 0.2) is 5.78 Å². The Morgan fingerprint density at radius 1 is 1.50 bits per heavy atom. The van der Waals surface area contributed by atoms with Gasteiger partial charge in [-0.15, -0.1) is 11.8 Å². The molecule has 64 valence electrons. The van der Waals surface area contributed by atoms with Crippen molar-refractivity contribution in [2.75, 3.05) is 6.26 Å². The number of ketones is 1. The van der Waals surface area contributed by atoms with E-state index in [4.69, 9.17) is 0 Å². The van der Waals surface area contributed by atoms with Crippen LogP contribution in [0.1, 0.15) is 17.3 Å². The van der Waals surface area contributed by atoms with Crippen molar-refractivity contribution in [3.8, 4) is 5.75 Å². The van der Waals surface area contributed by atoms with Crippen LogP contribution in [0, 0.1) is 0 Å². The summed E-state index contributed by atoms with van der Waals surface area (Å²) in [6.45, 7) is 1.45. The van der Waals surface area contributed by atoms with E-state index in [2.05, 4.69) is 0 Å². The molecule has 0 amide bonds. The summed E-state index contributed by atoms with van der Waals surface area (Å²) in [7, 11) is 0. The molecule has 12 heavy (non-hydrogen) atoms. The molecule has 0 aromatic heterocycles. The number of phenolic OH excluding ortho intramolecular Hbond substituents is 1. The van der Waals surface area contributed by atoms with E-state index in [0.29, 0.717) is 5.56 Å². The Balaban J connectivity index is 3.29. The minimum atomic E-state index is -0.0996. The molecule has 0 unspecified atom stereocenters. The lowest BCUT2D eigenvalue weighted by Crippen LogP contribution is -1.94. The van der Waals surface area contributed by atoms with Gasteiger partial charge in [0.1, 0.15) is 5.75 Å². The van der Waals surface area contributed by atoms with Gasteiger partial charge in [-0.2, -0.15) is 0 Å². The molecule has 0 spiro atoms. The van der Waals surface area contributed by atoms with E-state index in [1.165, 1.54) is 24.8 Å². The molecule has 0 saturated heterocycles. The van der Waals surface area contributed by atoms with Crippen LogP contribution >= 0.6 is 11.8 Å². The number of thioether (sulfide) groups is 1. The van der Waals surface area contributed by atoms with E-state index in [1.54, 1.807) is 6.07 Å². The van der Waals surface area contributed by atoms with E-state index in [0.717, 1.165) is 4.90 Å².